The van der Waals surface area contributed by atoms with Gasteiger partial charge in [0.05, 0.1) is 11.3 Å². The maximum Gasteiger partial charge on any atom is 0.337 e. The Hall–Kier alpha value is -3.02. The molecule has 0 aromatic heterocycles. The molecular weight excluding hydrogens is 342 g/mol. The molecule has 0 bridgehead atoms. The summed E-state index contributed by atoms with van der Waals surface area (Å²) in [5.74, 6) is -1.22. The highest BCUT2D eigenvalue weighted by Crippen LogP contribution is 2.29. The van der Waals surface area contributed by atoms with Crippen molar-refractivity contribution in [3.05, 3.63) is 53.6 Å². The quantitative estimate of drug-likeness (QED) is 0.867. The van der Waals surface area contributed by atoms with Crippen LogP contribution in [0.3, 0.4) is 0 Å². The molecule has 142 valence electrons. The van der Waals surface area contributed by atoms with Gasteiger partial charge in [-0.05, 0) is 49.7 Å². The number of anilines is 3. The molecule has 1 aliphatic heterocycles. The molecule has 6 heteroatoms. The van der Waals surface area contributed by atoms with Crippen molar-refractivity contribution in [2.24, 2.45) is 0 Å². The maximum atomic E-state index is 11.8. The number of aryl methyl sites for hydroxylation is 1. The van der Waals surface area contributed by atoms with Crippen molar-refractivity contribution in [1.82, 2.24) is 0 Å². The third kappa shape index (κ3) is 4.22. The number of nitrogens with zero attached hydrogens (tertiary/aromatic N) is 2. The van der Waals surface area contributed by atoms with E-state index in [1.807, 2.05) is 0 Å². The Kier molecular flexibility index (Phi) is 5.35. The van der Waals surface area contributed by atoms with E-state index < -0.39 is 5.97 Å². The summed E-state index contributed by atoms with van der Waals surface area (Å²) in [7, 11) is 0. The third-order valence-electron chi connectivity index (χ3n) is 4.85. The Bertz CT molecular complexity index is 866. The van der Waals surface area contributed by atoms with Crippen molar-refractivity contribution in [2.45, 2.75) is 26.8 Å². The van der Waals surface area contributed by atoms with Crippen LogP contribution in [-0.4, -0.2) is 42.7 Å². The van der Waals surface area contributed by atoms with Gasteiger partial charge in [0.2, 0.25) is 5.91 Å². The van der Waals surface area contributed by atoms with Crippen LogP contribution < -0.4 is 15.1 Å². The molecule has 2 aromatic rings. The normalized spacial score (nSPS) is 16.9. The number of carboxylic acids is 1. The fraction of sp³-hybridized carbons (Fsp3) is 0.333. The summed E-state index contributed by atoms with van der Waals surface area (Å²) < 4.78 is 0. The average molecular weight is 367 g/mol. The molecule has 1 heterocycles. The van der Waals surface area contributed by atoms with Crippen molar-refractivity contribution in [3.8, 4) is 0 Å². The van der Waals surface area contributed by atoms with E-state index in [1.54, 1.807) is 12.1 Å². The van der Waals surface area contributed by atoms with Gasteiger partial charge in [0.15, 0.2) is 0 Å². The van der Waals surface area contributed by atoms with Gasteiger partial charge in [-0.25, -0.2) is 4.79 Å². The number of rotatable bonds is 4. The lowest BCUT2D eigenvalue weighted by molar-refractivity contribution is -0.114. The van der Waals surface area contributed by atoms with E-state index in [0.29, 0.717) is 11.4 Å². The average Bonchev–Trinajstić information content (AvgIpc) is 2.61. The predicted molar refractivity (Wildman–Crippen MR) is 108 cm³/mol. The summed E-state index contributed by atoms with van der Waals surface area (Å²) in [6.45, 7) is 7.92. The van der Waals surface area contributed by atoms with E-state index in [4.69, 9.17) is 0 Å². The monoisotopic (exact) mass is 367 g/mol. The molecule has 2 N–H and O–H groups in total. The van der Waals surface area contributed by atoms with Crippen LogP contribution in [-0.2, 0) is 4.79 Å². The second kappa shape index (κ2) is 7.70. The summed E-state index contributed by atoms with van der Waals surface area (Å²) in [4.78, 5) is 27.5. The number of hydrogen-bond donors (Lipinski definition) is 2. The maximum absolute atomic E-state index is 11.8. The summed E-state index contributed by atoms with van der Waals surface area (Å²) >= 11 is 0. The van der Waals surface area contributed by atoms with Crippen LogP contribution in [0, 0.1) is 6.92 Å². The molecule has 6 nitrogen and oxygen atoms in total. The van der Waals surface area contributed by atoms with Crippen LogP contribution in [0.15, 0.2) is 42.5 Å². The third-order valence-corrected chi connectivity index (χ3v) is 4.85. The fourth-order valence-corrected chi connectivity index (χ4v) is 3.63. The zero-order valence-electron chi connectivity index (χ0n) is 15.9. The SMILES string of the molecule is CC(=O)Nc1ccc(N2CCN(c3cccc(C)c3)[C@H](C)C2)c(C(=O)O)c1. The van der Waals surface area contributed by atoms with Gasteiger partial charge in [0.1, 0.15) is 0 Å². The molecule has 1 aliphatic rings. The van der Waals surface area contributed by atoms with Gasteiger partial charge in [-0.3, -0.25) is 4.79 Å². The lowest BCUT2D eigenvalue weighted by Crippen LogP contribution is -2.52. The van der Waals surface area contributed by atoms with Gasteiger partial charge in [0, 0.05) is 44.0 Å². The largest absolute Gasteiger partial charge is 0.478 e. The van der Waals surface area contributed by atoms with Gasteiger partial charge in [-0.1, -0.05) is 12.1 Å². The van der Waals surface area contributed by atoms with Gasteiger partial charge < -0.3 is 20.2 Å². The van der Waals surface area contributed by atoms with Crippen LogP contribution in [0.25, 0.3) is 0 Å². The minimum absolute atomic E-state index is 0.206. The van der Waals surface area contributed by atoms with E-state index in [0.717, 1.165) is 19.6 Å². The molecule has 0 spiro atoms. The van der Waals surface area contributed by atoms with Crippen molar-refractivity contribution in [3.63, 3.8) is 0 Å². The molecule has 1 atom stereocenters. The van der Waals surface area contributed by atoms with Crippen molar-refractivity contribution in [1.29, 1.82) is 0 Å². The number of carboxylic acid groups (broad SMARTS) is 1. The number of benzene rings is 2. The Morgan fingerprint density at radius 3 is 2.56 bits per heavy atom. The lowest BCUT2D eigenvalue weighted by Gasteiger charge is -2.42. The van der Waals surface area contributed by atoms with Crippen LogP contribution in [0.2, 0.25) is 0 Å². The van der Waals surface area contributed by atoms with Crippen LogP contribution in [0.1, 0.15) is 29.8 Å². The Balaban J connectivity index is 1.82. The van der Waals surface area contributed by atoms with E-state index in [-0.39, 0.29) is 17.5 Å². The van der Waals surface area contributed by atoms with Gasteiger partial charge in [-0.2, -0.15) is 0 Å². The van der Waals surface area contributed by atoms with Crippen LogP contribution >= 0.6 is 0 Å². The van der Waals surface area contributed by atoms with Crippen LogP contribution in [0.5, 0.6) is 0 Å². The fourth-order valence-electron chi connectivity index (χ4n) is 3.63. The first-order valence-electron chi connectivity index (χ1n) is 9.08. The molecule has 1 fully saturated rings. The van der Waals surface area contributed by atoms with E-state index in [9.17, 15) is 14.7 Å². The van der Waals surface area contributed by atoms with Crippen LogP contribution in [0.4, 0.5) is 17.1 Å². The number of amides is 1. The number of carbonyl (C=O) groups is 2. The topological polar surface area (TPSA) is 72.9 Å². The Morgan fingerprint density at radius 2 is 1.93 bits per heavy atom. The van der Waals surface area contributed by atoms with Gasteiger partial charge in [0.25, 0.3) is 0 Å². The molecule has 0 aliphatic carbocycles. The Labute approximate surface area is 159 Å². The number of nitrogens with one attached hydrogen (secondary N) is 1. The van der Waals surface area contributed by atoms with E-state index in [2.05, 4.69) is 53.2 Å². The lowest BCUT2D eigenvalue weighted by atomic mass is 10.1. The first-order valence-corrected chi connectivity index (χ1v) is 9.08. The molecule has 1 saturated heterocycles. The zero-order chi connectivity index (χ0) is 19.6. The number of hydrogen-bond acceptors (Lipinski definition) is 4. The standard InChI is InChI=1S/C21H25N3O3/c1-14-5-4-6-18(11-14)24-10-9-23(13-15(24)2)20-8-7-17(22-16(3)25)12-19(20)21(26)27/h4-8,11-12,15H,9-10,13H2,1-3H3,(H,22,25)(H,26,27)/t15-/m1/s1. The van der Waals surface area contributed by atoms with Gasteiger partial charge in [-0.15, -0.1) is 0 Å². The summed E-state index contributed by atoms with van der Waals surface area (Å²) in [5, 5.41) is 12.3. The summed E-state index contributed by atoms with van der Waals surface area (Å²) in [5.41, 5.74) is 3.81. The van der Waals surface area contributed by atoms with E-state index in [1.165, 1.54) is 24.2 Å². The second-order valence-corrected chi connectivity index (χ2v) is 7.05. The molecule has 0 unspecified atom stereocenters. The summed E-state index contributed by atoms with van der Waals surface area (Å²) in [6, 6.07) is 13.7. The molecular formula is C21H25N3O3. The number of aromatic carboxylic acids is 1. The minimum Gasteiger partial charge on any atom is -0.478 e. The molecule has 3 rings (SSSR count). The van der Waals surface area contributed by atoms with E-state index >= 15 is 0 Å². The molecule has 0 saturated carbocycles. The van der Waals surface area contributed by atoms with Crippen molar-refractivity contribution >= 4 is 28.9 Å². The van der Waals surface area contributed by atoms with Gasteiger partial charge >= 0.3 is 5.97 Å². The highest BCUT2D eigenvalue weighted by molar-refractivity contribution is 5.97. The van der Waals surface area contributed by atoms with Crippen molar-refractivity contribution in [2.75, 3.05) is 34.8 Å². The first-order chi connectivity index (χ1) is 12.8. The number of piperazine rings is 1. The van der Waals surface area contributed by atoms with Crippen molar-refractivity contribution < 1.29 is 14.7 Å². The highest BCUT2D eigenvalue weighted by atomic mass is 16.4. The smallest absolute Gasteiger partial charge is 0.337 e. The molecule has 27 heavy (non-hydrogen) atoms. The zero-order valence-corrected chi connectivity index (χ0v) is 15.9. The molecule has 1 amide bonds. The molecule has 0 radical (unpaired) electrons. The predicted octanol–water partition coefficient (Wildman–Crippen LogP) is 3.37. The Morgan fingerprint density at radius 1 is 1.15 bits per heavy atom. The number of carbonyl (C=O) groups excluding carboxylic acids is 1. The molecule has 2 aromatic carbocycles. The second-order valence-electron chi connectivity index (χ2n) is 7.05. The summed E-state index contributed by atoms with van der Waals surface area (Å²) in [6.07, 6.45) is 0. The highest BCUT2D eigenvalue weighted by Gasteiger charge is 2.26. The first kappa shape index (κ1) is 18.8. The minimum atomic E-state index is -0.994.